The Morgan fingerprint density at radius 3 is 1.59 bits per heavy atom. The smallest absolute Gasteiger partial charge is 0.313 e. The van der Waals surface area contributed by atoms with Crippen LogP contribution in [0.4, 0.5) is 23.2 Å². The molecule has 0 atom stereocenters. The number of halogens is 4. The summed E-state index contributed by atoms with van der Waals surface area (Å²) in [4.78, 5) is 40.4. The predicted molar refractivity (Wildman–Crippen MR) is 284 cm³/mol. The molecule has 0 aliphatic carbocycles. The first-order valence-corrected chi connectivity index (χ1v) is 29.3. The van der Waals surface area contributed by atoms with E-state index in [1.165, 1.54) is 29.2 Å². The Kier molecular flexibility index (Phi) is 30.7. The number of amides is 1. The van der Waals surface area contributed by atoms with Gasteiger partial charge in [0.1, 0.15) is 5.84 Å². The lowest BCUT2D eigenvalue weighted by Crippen LogP contribution is -2.41. The number of hydrogen-bond donors (Lipinski definition) is 2. The highest BCUT2D eigenvalue weighted by molar-refractivity contribution is 7.85. The lowest BCUT2D eigenvalue weighted by molar-refractivity contribution is -0.180. The summed E-state index contributed by atoms with van der Waals surface area (Å²) in [6.45, 7) is 18.1. The van der Waals surface area contributed by atoms with Gasteiger partial charge in [0.05, 0.1) is 156 Å². The predicted octanol–water partition coefficient (Wildman–Crippen LogP) is 4.97. The van der Waals surface area contributed by atoms with Crippen LogP contribution in [0.15, 0.2) is 21.5 Å². The summed E-state index contributed by atoms with van der Waals surface area (Å²) in [7, 11) is -5.65. The maximum absolute atomic E-state index is 14.0. The molecule has 5 rings (SSSR count). The largest absolute Gasteiger partial charge is 0.420 e. The number of nitrogens with two attached hydrogens (primary N) is 1. The Bertz CT molecular complexity index is 2330. The summed E-state index contributed by atoms with van der Waals surface area (Å²) in [6.07, 6.45) is 6.06. The van der Waals surface area contributed by atoms with Gasteiger partial charge in [-0.2, -0.15) is 17.2 Å². The number of carbonyl (C=O) groups is 2. The minimum atomic E-state index is -5.65. The fraction of sp³-hybridized carbons (Fsp3) is 0.712. The number of benzene rings is 1. The van der Waals surface area contributed by atoms with Crippen LogP contribution in [-0.4, -0.2) is 224 Å². The zero-order valence-corrected chi connectivity index (χ0v) is 47.5. The molecule has 0 saturated carbocycles. The van der Waals surface area contributed by atoms with E-state index in [2.05, 4.69) is 25.6 Å². The molecule has 4 heterocycles. The van der Waals surface area contributed by atoms with E-state index in [0.29, 0.717) is 135 Å². The second kappa shape index (κ2) is 36.7. The number of carbonyl (C=O) groups excluding carboxylic acids is 2. The summed E-state index contributed by atoms with van der Waals surface area (Å²) < 4.78 is 146. The van der Waals surface area contributed by atoms with Gasteiger partial charge in [-0.1, -0.05) is 6.92 Å². The highest BCUT2D eigenvalue weighted by Gasteiger charge is 2.40. The van der Waals surface area contributed by atoms with E-state index >= 15 is 0 Å². The minimum Gasteiger partial charge on any atom is -0.420 e. The Balaban J connectivity index is 0.727. The number of hydroxylamine groups is 2. The number of esters is 1. The van der Waals surface area contributed by atoms with Crippen LogP contribution < -0.4 is 10.5 Å². The average molecular weight is 1190 g/mol. The van der Waals surface area contributed by atoms with Crippen molar-refractivity contribution in [3.05, 3.63) is 44.7 Å². The molecule has 1 aromatic heterocycles. The number of rotatable bonds is 42. The summed E-state index contributed by atoms with van der Waals surface area (Å²) in [5.74, 6) is -12.4. The zero-order chi connectivity index (χ0) is 57.6. The second-order valence-electron chi connectivity index (χ2n) is 18.8. The molecule has 1 spiro atoms. The molecular weight excluding hydrogens is 1110 g/mol. The van der Waals surface area contributed by atoms with Crippen molar-refractivity contribution in [1.82, 2.24) is 14.9 Å². The fourth-order valence-corrected chi connectivity index (χ4v) is 10.5. The lowest BCUT2D eigenvalue weighted by atomic mass is 9.78. The van der Waals surface area contributed by atoms with Gasteiger partial charge in [-0.05, 0) is 69.8 Å². The highest BCUT2D eigenvalue weighted by Crippen LogP contribution is 2.42. The molecular formula is C52H79F4N5O17S2. The highest BCUT2D eigenvalue weighted by atomic mass is 32.2. The van der Waals surface area contributed by atoms with E-state index < -0.39 is 56.4 Å². The number of piperidine rings is 1. The standard InChI is InChI=1S/C52H79F4N5O17S2/c1-3-9-61(77-4-2)51(63)39-34-42-41(58-43(57)35-39)36-40(79-42)37-59-10-6-52(7-11-59)8-12-60(38-52)13-15-68-17-19-70-21-23-72-25-27-74-29-31-76-33-32-75-30-28-73-26-24-71-22-20-69-18-16-67-14-5-44(62)78-49-45(53)47(55)50(80(64,65)66)48(56)46(49)54/h34,36H,3-33,35,37-38H2,1-2H3,(H2,57,58)(H,64,65,66). The number of fused-ring (bicyclic) bond motifs is 1. The van der Waals surface area contributed by atoms with Crippen LogP contribution in [0.25, 0.3) is 6.08 Å². The van der Waals surface area contributed by atoms with E-state index in [-0.39, 0.29) is 38.9 Å². The summed E-state index contributed by atoms with van der Waals surface area (Å²) in [5, 5.41) is 1.44. The lowest BCUT2D eigenvalue weighted by Gasteiger charge is -2.39. The number of thiophene rings is 1. The maximum atomic E-state index is 14.0. The molecule has 0 unspecified atom stereocenters. The van der Waals surface area contributed by atoms with Gasteiger partial charge in [0, 0.05) is 43.1 Å². The summed E-state index contributed by atoms with van der Waals surface area (Å²) in [5.41, 5.74) is 8.08. The molecule has 454 valence electrons. The first kappa shape index (κ1) is 67.0. The van der Waals surface area contributed by atoms with Crippen LogP contribution in [0.3, 0.4) is 0 Å². The number of hydrogen-bond acceptors (Lipinski definition) is 21. The third-order valence-corrected chi connectivity index (χ3v) is 14.7. The Labute approximate surface area is 469 Å². The molecule has 1 aromatic carbocycles. The molecule has 0 bridgehead atoms. The first-order chi connectivity index (χ1) is 38.6. The van der Waals surface area contributed by atoms with Gasteiger partial charge in [0.15, 0.2) is 16.5 Å². The third kappa shape index (κ3) is 23.4. The molecule has 3 aliphatic heterocycles. The summed E-state index contributed by atoms with van der Waals surface area (Å²) in [6, 6.07) is 2.12. The Morgan fingerprint density at radius 2 is 1.14 bits per heavy atom. The van der Waals surface area contributed by atoms with Crippen LogP contribution >= 0.6 is 11.3 Å². The third-order valence-electron chi connectivity index (χ3n) is 12.8. The first-order valence-electron chi connectivity index (χ1n) is 27.0. The molecule has 28 heteroatoms. The van der Waals surface area contributed by atoms with E-state index in [0.717, 1.165) is 56.3 Å². The number of amidine groups is 1. The van der Waals surface area contributed by atoms with Crippen molar-refractivity contribution in [3.8, 4) is 5.75 Å². The van der Waals surface area contributed by atoms with Crippen LogP contribution in [-0.2, 0) is 78.5 Å². The molecule has 22 nitrogen and oxygen atoms in total. The van der Waals surface area contributed by atoms with Gasteiger partial charge < -0.3 is 62.7 Å². The van der Waals surface area contributed by atoms with E-state index in [9.17, 15) is 35.6 Å². The molecule has 2 saturated heterocycles. The minimum absolute atomic E-state index is 0.0258. The van der Waals surface area contributed by atoms with E-state index in [1.54, 1.807) is 11.3 Å². The maximum Gasteiger partial charge on any atom is 0.313 e. The van der Waals surface area contributed by atoms with Crippen molar-refractivity contribution in [1.29, 1.82) is 0 Å². The van der Waals surface area contributed by atoms with Crippen LogP contribution in [0.5, 0.6) is 5.75 Å². The van der Waals surface area contributed by atoms with E-state index in [4.69, 9.17) is 62.5 Å². The SMILES string of the molecule is CCCN(OCC)C(=O)C1=Cc2sc(CN3CCC4(CC3)CCN(CCOCCOCCOCCOCCOCCOCCOCCOCCOCCOCCC(=O)Oc3c(F)c(F)c(S(=O)(=O)O)c(F)c3F)C4)cc2N=C(N)C1. The quantitative estimate of drug-likeness (QED) is 0.0169. The Morgan fingerprint density at radius 1 is 0.688 bits per heavy atom. The van der Waals surface area contributed by atoms with Crippen molar-refractivity contribution in [2.24, 2.45) is 16.1 Å². The average Bonchev–Trinajstić information content (AvgIpc) is 4.02. The topological polar surface area (TPSA) is 247 Å². The second-order valence-corrected chi connectivity index (χ2v) is 21.3. The van der Waals surface area contributed by atoms with Crippen LogP contribution in [0, 0.1) is 28.7 Å². The number of nitrogens with zero attached hydrogens (tertiary/aromatic N) is 4. The van der Waals surface area contributed by atoms with Crippen molar-refractivity contribution >= 4 is 50.9 Å². The monoisotopic (exact) mass is 1190 g/mol. The van der Waals surface area contributed by atoms with Gasteiger partial charge in [-0.25, -0.2) is 18.8 Å². The van der Waals surface area contributed by atoms with Gasteiger partial charge in [0.25, 0.3) is 5.91 Å². The van der Waals surface area contributed by atoms with Gasteiger partial charge in [0.2, 0.25) is 17.4 Å². The van der Waals surface area contributed by atoms with Crippen molar-refractivity contribution in [2.45, 2.75) is 63.8 Å². The molecule has 0 radical (unpaired) electrons. The molecule has 3 N–H and O–H groups in total. The Hall–Kier alpha value is -3.82. The number of likely N-dealkylation sites (tertiary alicyclic amines) is 2. The number of ether oxygens (including phenoxy) is 11. The number of aliphatic imine (C=N–C) groups is 1. The summed E-state index contributed by atoms with van der Waals surface area (Å²) >= 11 is 1.69. The molecule has 80 heavy (non-hydrogen) atoms. The van der Waals surface area contributed by atoms with Gasteiger partial charge in [-0.15, -0.1) is 11.3 Å². The van der Waals surface area contributed by atoms with Crippen LogP contribution in [0.1, 0.15) is 62.1 Å². The van der Waals surface area contributed by atoms with Crippen LogP contribution in [0.2, 0.25) is 0 Å². The molecule has 2 aromatic rings. The van der Waals surface area contributed by atoms with Gasteiger partial charge in [-0.3, -0.25) is 23.9 Å². The normalized spacial score (nSPS) is 15.8. The van der Waals surface area contributed by atoms with Crippen molar-refractivity contribution in [2.75, 3.05) is 178 Å². The molecule has 1 amide bonds. The fourth-order valence-electron chi connectivity index (χ4n) is 8.73. The molecule has 3 aliphatic rings. The zero-order valence-electron chi connectivity index (χ0n) is 45.9. The van der Waals surface area contributed by atoms with Crippen molar-refractivity contribution in [3.63, 3.8) is 0 Å². The van der Waals surface area contributed by atoms with E-state index in [1.807, 2.05) is 19.9 Å². The van der Waals surface area contributed by atoms with Crippen molar-refractivity contribution < 1.29 is 97.1 Å². The van der Waals surface area contributed by atoms with Gasteiger partial charge >= 0.3 is 16.1 Å². The molecule has 2 fully saturated rings.